The van der Waals surface area contributed by atoms with E-state index in [1.54, 1.807) is 0 Å². The first-order valence-corrected chi connectivity index (χ1v) is 8.14. The van der Waals surface area contributed by atoms with Crippen molar-refractivity contribution >= 4 is 30.4 Å². The quantitative estimate of drug-likeness (QED) is 0.607. The van der Waals surface area contributed by atoms with Crippen LogP contribution < -0.4 is 0 Å². The van der Waals surface area contributed by atoms with E-state index in [0.717, 1.165) is 0 Å². The first-order valence-electron chi connectivity index (χ1n) is 3.82. The van der Waals surface area contributed by atoms with Gasteiger partial charge in [0.25, 0.3) is 30.4 Å². The molecule has 0 saturated heterocycles. The van der Waals surface area contributed by atoms with Gasteiger partial charge in [-0.3, -0.25) is 13.7 Å². The van der Waals surface area contributed by atoms with E-state index < -0.39 is 45.0 Å². The Labute approximate surface area is 102 Å². The molecular weight excluding hydrogens is 312 g/mol. The van der Waals surface area contributed by atoms with Crippen LogP contribution in [0.2, 0.25) is 0 Å². The van der Waals surface area contributed by atoms with Gasteiger partial charge in [-0.1, -0.05) is 0 Å². The van der Waals surface area contributed by atoms with Crippen LogP contribution in [0.15, 0.2) is 26.8 Å². The van der Waals surface area contributed by atoms with Gasteiger partial charge < -0.3 is 0 Å². The maximum atomic E-state index is 10.9. The lowest BCUT2D eigenvalue weighted by atomic mass is 10.4. The van der Waals surface area contributed by atoms with E-state index in [4.69, 9.17) is 13.7 Å². The van der Waals surface area contributed by atoms with Crippen molar-refractivity contribution in [3.63, 3.8) is 0 Å². The van der Waals surface area contributed by atoms with E-state index in [1.165, 1.54) is 6.07 Å². The van der Waals surface area contributed by atoms with Crippen molar-refractivity contribution in [1.82, 2.24) is 0 Å². The minimum Gasteiger partial charge on any atom is -0.282 e. The van der Waals surface area contributed by atoms with Crippen LogP contribution in [0.4, 0.5) is 0 Å². The molecule has 1 radical (unpaired) electrons. The molecule has 0 aliphatic carbocycles. The third-order valence-electron chi connectivity index (χ3n) is 1.66. The molecule has 9 nitrogen and oxygen atoms in total. The highest BCUT2D eigenvalue weighted by molar-refractivity contribution is 7.89. The van der Waals surface area contributed by atoms with Crippen molar-refractivity contribution in [3.05, 3.63) is 18.2 Å². The van der Waals surface area contributed by atoms with Crippen LogP contribution in [-0.4, -0.2) is 38.9 Å². The average Bonchev–Trinajstić information content (AvgIpc) is 2.12. The van der Waals surface area contributed by atoms with Crippen LogP contribution in [0.25, 0.3) is 0 Å². The number of benzene rings is 1. The minimum absolute atomic E-state index is 0.387. The van der Waals surface area contributed by atoms with Gasteiger partial charge in [0.1, 0.15) is 14.7 Å². The summed E-state index contributed by atoms with van der Waals surface area (Å²) in [6.45, 7) is 0. The molecule has 0 aliphatic heterocycles. The highest BCUT2D eigenvalue weighted by Gasteiger charge is 2.26. The molecule has 12 heteroatoms. The lowest BCUT2D eigenvalue weighted by molar-refractivity contribution is 0.464. The highest BCUT2D eigenvalue weighted by Crippen LogP contribution is 2.23. The Bertz CT molecular complexity index is 785. The summed E-state index contributed by atoms with van der Waals surface area (Å²) in [5.41, 5.74) is 0. The van der Waals surface area contributed by atoms with Crippen molar-refractivity contribution in [2.75, 3.05) is 0 Å². The average molecular weight is 317 g/mol. The summed E-state index contributed by atoms with van der Waals surface area (Å²) in [6, 6.07) is 2.36. The molecule has 0 unspecified atom stereocenters. The maximum Gasteiger partial charge on any atom is 0.296 e. The van der Waals surface area contributed by atoms with Crippen molar-refractivity contribution < 1.29 is 38.9 Å². The molecule has 0 bridgehead atoms. The lowest BCUT2D eigenvalue weighted by Crippen LogP contribution is -2.10. The van der Waals surface area contributed by atoms with Crippen molar-refractivity contribution in [2.45, 2.75) is 14.7 Å². The fraction of sp³-hybridized carbons (Fsp3) is 0. The highest BCUT2D eigenvalue weighted by atomic mass is 32.2. The molecule has 18 heavy (non-hydrogen) atoms. The van der Waals surface area contributed by atoms with E-state index in [0.29, 0.717) is 12.1 Å². The van der Waals surface area contributed by atoms with Crippen molar-refractivity contribution in [2.24, 2.45) is 0 Å². The zero-order valence-electron chi connectivity index (χ0n) is 8.17. The molecule has 0 aromatic heterocycles. The van der Waals surface area contributed by atoms with Crippen LogP contribution in [-0.2, 0) is 30.4 Å². The summed E-state index contributed by atoms with van der Waals surface area (Å²) >= 11 is 0. The monoisotopic (exact) mass is 317 g/mol. The predicted octanol–water partition coefficient (Wildman–Crippen LogP) is -0.773. The van der Waals surface area contributed by atoms with Gasteiger partial charge >= 0.3 is 0 Å². The SMILES string of the molecule is O=S(=O)(O)c1[c]c(S(=O)(=O)O)c(S(=O)(=O)O)cc1. The Morgan fingerprint density at radius 2 is 1.28 bits per heavy atom. The molecule has 1 rings (SSSR count). The molecule has 0 aliphatic rings. The van der Waals surface area contributed by atoms with E-state index in [1.807, 2.05) is 0 Å². The van der Waals surface area contributed by atoms with Gasteiger partial charge in [0.15, 0.2) is 0 Å². The molecule has 101 valence electrons. The first kappa shape index (κ1) is 15.0. The third kappa shape index (κ3) is 3.24. The van der Waals surface area contributed by atoms with Crippen molar-refractivity contribution in [3.8, 4) is 0 Å². The second-order valence-electron chi connectivity index (χ2n) is 2.94. The molecule has 0 fully saturated rings. The van der Waals surface area contributed by atoms with Crippen LogP contribution in [0.1, 0.15) is 0 Å². The predicted molar refractivity (Wildman–Crippen MR) is 54.7 cm³/mol. The molecule has 0 heterocycles. The first-order chi connectivity index (χ1) is 7.83. The Morgan fingerprint density at radius 1 is 0.778 bits per heavy atom. The summed E-state index contributed by atoms with van der Waals surface area (Å²) in [4.78, 5) is -3.83. The van der Waals surface area contributed by atoms with Crippen molar-refractivity contribution in [1.29, 1.82) is 0 Å². The van der Waals surface area contributed by atoms with Gasteiger partial charge in [-0.2, -0.15) is 25.3 Å². The van der Waals surface area contributed by atoms with Crippen LogP contribution in [0.3, 0.4) is 0 Å². The number of rotatable bonds is 3. The van der Waals surface area contributed by atoms with E-state index >= 15 is 0 Å². The Kier molecular flexibility index (Phi) is 3.55. The van der Waals surface area contributed by atoms with Gasteiger partial charge in [0.2, 0.25) is 0 Å². The van der Waals surface area contributed by atoms with Crippen LogP contribution in [0, 0.1) is 6.07 Å². The zero-order valence-corrected chi connectivity index (χ0v) is 10.6. The molecule has 3 N–H and O–H groups in total. The normalized spacial score (nSPS) is 13.5. The lowest BCUT2D eigenvalue weighted by Gasteiger charge is -2.05. The van der Waals surface area contributed by atoms with Crippen LogP contribution >= 0.6 is 0 Å². The second kappa shape index (κ2) is 4.25. The molecular formula is C6H5O9S3. The second-order valence-corrected chi connectivity index (χ2v) is 7.08. The fourth-order valence-electron chi connectivity index (χ4n) is 0.987. The summed E-state index contributed by atoms with van der Waals surface area (Å²) in [6.07, 6.45) is 0. The molecule has 0 atom stereocenters. The molecule has 0 saturated carbocycles. The van der Waals surface area contributed by atoms with Gasteiger partial charge in [-0.25, -0.2) is 0 Å². The molecule has 0 amide bonds. The van der Waals surface area contributed by atoms with E-state index in [-0.39, 0.29) is 0 Å². The smallest absolute Gasteiger partial charge is 0.282 e. The number of hydrogen-bond donors (Lipinski definition) is 3. The summed E-state index contributed by atoms with van der Waals surface area (Å²) in [5.74, 6) is 0. The molecule has 1 aromatic carbocycles. The molecule has 0 spiro atoms. The Morgan fingerprint density at radius 3 is 1.61 bits per heavy atom. The Hall–Kier alpha value is -1.05. The Balaban J connectivity index is 3.83. The largest absolute Gasteiger partial charge is 0.296 e. The third-order valence-corrected chi connectivity index (χ3v) is 4.32. The summed E-state index contributed by atoms with van der Waals surface area (Å²) in [7, 11) is -15.1. The van der Waals surface area contributed by atoms with Gasteiger partial charge in [-0.15, -0.1) is 0 Å². The van der Waals surface area contributed by atoms with Crippen LogP contribution in [0.5, 0.6) is 0 Å². The number of hydrogen-bond acceptors (Lipinski definition) is 6. The van der Waals surface area contributed by atoms with E-state index in [2.05, 4.69) is 0 Å². The van der Waals surface area contributed by atoms with Gasteiger partial charge in [-0.05, 0) is 12.1 Å². The summed E-state index contributed by atoms with van der Waals surface area (Å²) in [5, 5.41) is 0. The fourth-order valence-corrected chi connectivity index (χ4v) is 3.24. The zero-order chi connectivity index (χ0) is 14.4. The maximum absolute atomic E-state index is 10.9. The standard InChI is InChI=1S/C6H5O9S3/c7-16(8,9)4-1-2-5(17(10,11)12)6(3-4)18(13,14)15/h1-2H,(H,7,8,9)(H,10,11,12)(H,13,14,15). The van der Waals surface area contributed by atoms with Gasteiger partial charge in [0.05, 0.1) is 0 Å². The minimum atomic E-state index is -5.17. The molecule has 1 aromatic rings. The topological polar surface area (TPSA) is 163 Å². The van der Waals surface area contributed by atoms with Gasteiger partial charge in [0, 0.05) is 6.07 Å². The summed E-state index contributed by atoms with van der Waals surface area (Å²) < 4.78 is 90.8. The van der Waals surface area contributed by atoms with E-state index in [9.17, 15) is 25.3 Å².